The molecule has 0 saturated carbocycles. The van der Waals surface area contributed by atoms with Gasteiger partial charge >= 0.3 is 0 Å². The highest BCUT2D eigenvalue weighted by atomic mass is 16.5. The second-order valence-corrected chi connectivity index (χ2v) is 6.15. The van der Waals surface area contributed by atoms with Crippen molar-refractivity contribution in [3.8, 4) is 17.2 Å². The SMILES string of the molecule is COc1ccc(C)cc1NC(=O)Cn1cnc2cc(OC)c(OC)cc2c1=O. The molecule has 1 heterocycles. The Morgan fingerprint density at radius 3 is 2.39 bits per heavy atom. The van der Waals surface area contributed by atoms with Crippen LogP contribution in [-0.2, 0) is 11.3 Å². The summed E-state index contributed by atoms with van der Waals surface area (Å²) in [6.07, 6.45) is 1.34. The lowest BCUT2D eigenvalue weighted by molar-refractivity contribution is -0.116. The number of ether oxygens (including phenoxy) is 3. The number of rotatable bonds is 6. The predicted octanol–water partition coefficient (Wildman–Crippen LogP) is 2.37. The van der Waals surface area contributed by atoms with Gasteiger partial charge in [-0.2, -0.15) is 0 Å². The first-order valence-electron chi connectivity index (χ1n) is 8.52. The van der Waals surface area contributed by atoms with Gasteiger partial charge < -0.3 is 19.5 Å². The number of nitrogens with one attached hydrogen (secondary N) is 1. The van der Waals surface area contributed by atoms with Crippen molar-refractivity contribution in [2.45, 2.75) is 13.5 Å². The Balaban J connectivity index is 1.90. The lowest BCUT2D eigenvalue weighted by Crippen LogP contribution is -2.28. The van der Waals surface area contributed by atoms with Gasteiger partial charge in [-0.25, -0.2) is 4.98 Å². The van der Waals surface area contributed by atoms with Crippen LogP contribution in [0.3, 0.4) is 0 Å². The second kappa shape index (κ2) is 7.99. The van der Waals surface area contributed by atoms with Crippen LogP contribution in [-0.4, -0.2) is 36.8 Å². The molecule has 0 atom stereocenters. The fraction of sp³-hybridized carbons (Fsp3) is 0.250. The molecule has 0 aliphatic heterocycles. The summed E-state index contributed by atoms with van der Waals surface area (Å²) in [6, 6.07) is 8.64. The van der Waals surface area contributed by atoms with Gasteiger partial charge in [-0.05, 0) is 30.7 Å². The number of fused-ring (bicyclic) bond motifs is 1. The molecular formula is C20H21N3O5. The minimum absolute atomic E-state index is 0.187. The first-order valence-corrected chi connectivity index (χ1v) is 8.52. The molecule has 146 valence electrons. The number of hydrogen-bond donors (Lipinski definition) is 1. The molecule has 0 fully saturated rings. The standard InChI is InChI=1S/C20H21N3O5/c1-12-5-6-16(26-2)15(7-12)22-19(24)10-23-11-21-14-9-18(28-4)17(27-3)8-13(14)20(23)25/h5-9,11H,10H2,1-4H3,(H,22,24). The van der Waals surface area contributed by atoms with Gasteiger partial charge in [0.2, 0.25) is 5.91 Å². The van der Waals surface area contributed by atoms with Crippen LogP contribution in [0.5, 0.6) is 17.2 Å². The number of amides is 1. The van der Waals surface area contributed by atoms with Crippen LogP contribution in [0.1, 0.15) is 5.56 Å². The van der Waals surface area contributed by atoms with Crippen LogP contribution in [0.15, 0.2) is 41.5 Å². The molecule has 1 amide bonds. The van der Waals surface area contributed by atoms with Gasteiger partial charge in [-0.1, -0.05) is 6.07 Å². The first kappa shape index (κ1) is 19.2. The quantitative estimate of drug-likeness (QED) is 0.703. The molecule has 0 spiro atoms. The van der Waals surface area contributed by atoms with E-state index in [1.54, 1.807) is 24.3 Å². The van der Waals surface area contributed by atoms with E-state index in [-0.39, 0.29) is 18.0 Å². The molecule has 8 heteroatoms. The van der Waals surface area contributed by atoms with Crippen LogP contribution < -0.4 is 25.1 Å². The van der Waals surface area contributed by atoms with Gasteiger partial charge in [-0.15, -0.1) is 0 Å². The summed E-state index contributed by atoms with van der Waals surface area (Å²) in [5, 5.41) is 3.11. The molecule has 0 bridgehead atoms. The average molecular weight is 383 g/mol. The number of nitrogens with zero attached hydrogens (tertiary/aromatic N) is 2. The third-order valence-electron chi connectivity index (χ3n) is 4.27. The number of carbonyl (C=O) groups excluding carboxylic acids is 1. The van der Waals surface area contributed by atoms with Gasteiger partial charge in [0.1, 0.15) is 12.3 Å². The summed E-state index contributed by atoms with van der Waals surface area (Å²) in [4.78, 5) is 29.5. The number of anilines is 1. The van der Waals surface area contributed by atoms with E-state index >= 15 is 0 Å². The predicted molar refractivity (Wildman–Crippen MR) is 105 cm³/mol. The summed E-state index contributed by atoms with van der Waals surface area (Å²) in [5.74, 6) is 1.07. The van der Waals surface area contributed by atoms with E-state index in [2.05, 4.69) is 10.3 Å². The number of aryl methyl sites for hydroxylation is 1. The zero-order valence-corrected chi connectivity index (χ0v) is 16.1. The third kappa shape index (κ3) is 3.75. The molecule has 1 N–H and O–H groups in total. The topological polar surface area (TPSA) is 91.7 Å². The molecular weight excluding hydrogens is 362 g/mol. The highest BCUT2D eigenvalue weighted by Crippen LogP contribution is 2.30. The van der Waals surface area contributed by atoms with Gasteiger partial charge in [-0.3, -0.25) is 14.2 Å². The summed E-state index contributed by atoms with van der Waals surface area (Å²) in [5.41, 5.74) is 1.62. The highest BCUT2D eigenvalue weighted by molar-refractivity contribution is 5.92. The number of aromatic nitrogens is 2. The lowest BCUT2D eigenvalue weighted by Gasteiger charge is -2.12. The zero-order chi connectivity index (χ0) is 20.3. The number of hydrogen-bond acceptors (Lipinski definition) is 6. The molecule has 0 aliphatic carbocycles. The van der Waals surface area contributed by atoms with Crippen molar-refractivity contribution in [1.29, 1.82) is 0 Å². The Kier molecular flexibility index (Phi) is 5.49. The van der Waals surface area contributed by atoms with Crippen LogP contribution in [0.2, 0.25) is 0 Å². The van der Waals surface area contributed by atoms with Crippen molar-refractivity contribution in [2.24, 2.45) is 0 Å². The monoisotopic (exact) mass is 383 g/mol. The van der Waals surface area contributed by atoms with Crippen LogP contribution >= 0.6 is 0 Å². The van der Waals surface area contributed by atoms with Crippen LogP contribution in [0.25, 0.3) is 10.9 Å². The average Bonchev–Trinajstić information content (AvgIpc) is 2.69. The van der Waals surface area contributed by atoms with Crippen molar-refractivity contribution < 1.29 is 19.0 Å². The molecule has 3 rings (SSSR count). The van der Waals surface area contributed by atoms with Crippen molar-refractivity contribution in [1.82, 2.24) is 9.55 Å². The minimum atomic E-state index is -0.368. The van der Waals surface area contributed by atoms with E-state index in [4.69, 9.17) is 14.2 Å². The lowest BCUT2D eigenvalue weighted by atomic mass is 10.2. The zero-order valence-electron chi connectivity index (χ0n) is 16.1. The van der Waals surface area contributed by atoms with E-state index in [1.165, 1.54) is 32.2 Å². The Morgan fingerprint density at radius 2 is 1.71 bits per heavy atom. The van der Waals surface area contributed by atoms with E-state index in [9.17, 15) is 9.59 Å². The number of benzene rings is 2. The van der Waals surface area contributed by atoms with Crippen molar-refractivity contribution in [2.75, 3.05) is 26.6 Å². The van der Waals surface area contributed by atoms with Crippen molar-refractivity contribution in [3.05, 3.63) is 52.6 Å². The molecule has 0 aliphatic rings. The highest BCUT2D eigenvalue weighted by Gasteiger charge is 2.14. The van der Waals surface area contributed by atoms with Crippen LogP contribution in [0, 0.1) is 6.92 Å². The summed E-state index contributed by atoms with van der Waals surface area (Å²) in [6.45, 7) is 1.72. The summed E-state index contributed by atoms with van der Waals surface area (Å²) in [7, 11) is 4.52. The summed E-state index contributed by atoms with van der Waals surface area (Å²) >= 11 is 0. The smallest absolute Gasteiger partial charge is 0.261 e. The maximum atomic E-state index is 12.8. The molecule has 8 nitrogen and oxygen atoms in total. The van der Waals surface area contributed by atoms with Crippen molar-refractivity contribution in [3.63, 3.8) is 0 Å². The van der Waals surface area contributed by atoms with Gasteiger partial charge in [0, 0.05) is 6.07 Å². The Bertz CT molecular complexity index is 1090. The molecule has 0 radical (unpaired) electrons. The molecule has 2 aromatic carbocycles. The van der Waals surface area contributed by atoms with Crippen LogP contribution in [0.4, 0.5) is 5.69 Å². The molecule has 0 saturated heterocycles. The van der Waals surface area contributed by atoms with Crippen molar-refractivity contribution >= 4 is 22.5 Å². The molecule has 1 aromatic heterocycles. The van der Waals surface area contributed by atoms with E-state index in [0.29, 0.717) is 33.8 Å². The van der Waals surface area contributed by atoms with E-state index in [0.717, 1.165) is 5.56 Å². The Labute approximate surface area is 161 Å². The maximum Gasteiger partial charge on any atom is 0.261 e. The fourth-order valence-corrected chi connectivity index (χ4v) is 2.86. The van der Waals surface area contributed by atoms with Gasteiger partial charge in [0.25, 0.3) is 5.56 Å². The number of carbonyl (C=O) groups is 1. The van der Waals surface area contributed by atoms with Gasteiger partial charge in [0.15, 0.2) is 11.5 Å². The fourth-order valence-electron chi connectivity index (χ4n) is 2.86. The van der Waals surface area contributed by atoms with E-state index in [1.807, 2.05) is 13.0 Å². The van der Waals surface area contributed by atoms with Gasteiger partial charge in [0.05, 0.1) is 44.2 Å². The largest absolute Gasteiger partial charge is 0.495 e. The minimum Gasteiger partial charge on any atom is -0.495 e. The molecule has 0 unspecified atom stereocenters. The molecule has 3 aromatic rings. The molecule has 28 heavy (non-hydrogen) atoms. The first-order chi connectivity index (χ1) is 13.5. The second-order valence-electron chi connectivity index (χ2n) is 6.15. The summed E-state index contributed by atoms with van der Waals surface area (Å²) < 4.78 is 17.0. The van der Waals surface area contributed by atoms with E-state index < -0.39 is 0 Å². The Morgan fingerprint density at radius 1 is 1.04 bits per heavy atom. The Hall–Kier alpha value is -3.55. The maximum absolute atomic E-state index is 12.8. The number of methoxy groups -OCH3 is 3. The normalized spacial score (nSPS) is 10.6. The third-order valence-corrected chi connectivity index (χ3v) is 4.27.